The third kappa shape index (κ3) is 6.27. The molecule has 1 aliphatic heterocycles. The average Bonchev–Trinajstić information content (AvgIpc) is 2.46. The summed E-state index contributed by atoms with van der Waals surface area (Å²) in [6.45, 7) is 6.79. The summed E-state index contributed by atoms with van der Waals surface area (Å²) in [6.07, 6.45) is 0. The van der Waals surface area contributed by atoms with E-state index < -0.39 is 12.1 Å². The first-order chi connectivity index (χ1) is 10.4. The normalized spacial score (nSPS) is 21.5. The Kier molecular flexibility index (Phi) is 8.32. The van der Waals surface area contributed by atoms with Gasteiger partial charge in [0.2, 0.25) is 11.8 Å². The number of carbonyl (C=O) groups is 2. The lowest BCUT2D eigenvalue weighted by Gasteiger charge is -2.28. The lowest BCUT2D eigenvalue weighted by molar-refractivity contribution is -0.135. The summed E-state index contributed by atoms with van der Waals surface area (Å²) in [4.78, 5) is 27.2. The summed E-state index contributed by atoms with van der Waals surface area (Å²) in [7, 11) is 0. The maximum absolute atomic E-state index is 12.0. The van der Waals surface area contributed by atoms with Gasteiger partial charge in [-0.1, -0.05) is 0 Å². The molecular weight excluding hydrogens is 288 g/mol. The molecule has 1 aliphatic rings. The number of carbonyl (C=O) groups excluding carboxylic acids is 2. The van der Waals surface area contributed by atoms with Crippen LogP contribution in [-0.4, -0.2) is 86.3 Å². The molecule has 4 N–H and O–H groups in total. The zero-order valence-electron chi connectivity index (χ0n) is 13.5. The third-order valence-electron chi connectivity index (χ3n) is 3.42. The number of nitrogens with two attached hydrogens (primary N) is 2. The van der Waals surface area contributed by atoms with Gasteiger partial charge in [0.05, 0.1) is 38.5 Å². The SMILES string of the molecule is C[C@H](N)C(=O)N1CCOCCN(C(=O)[C@H](C)N)CCOCC1. The number of ether oxygens (including phenoxy) is 2. The number of rotatable bonds is 2. The van der Waals surface area contributed by atoms with Crippen LogP contribution in [0.15, 0.2) is 0 Å². The van der Waals surface area contributed by atoms with Crippen LogP contribution in [0.2, 0.25) is 0 Å². The molecule has 0 saturated carbocycles. The van der Waals surface area contributed by atoms with E-state index in [4.69, 9.17) is 20.9 Å². The molecule has 1 fully saturated rings. The minimum Gasteiger partial charge on any atom is -0.378 e. The zero-order valence-corrected chi connectivity index (χ0v) is 13.5. The van der Waals surface area contributed by atoms with E-state index in [-0.39, 0.29) is 11.8 Å². The topological polar surface area (TPSA) is 111 Å². The number of hydrogen-bond acceptors (Lipinski definition) is 6. The summed E-state index contributed by atoms with van der Waals surface area (Å²) in [6, 6.07) is -1.07. The van der Waals surface area contributed by atoms with E-state index in [0.717, 1.165) is 0 Å². The fourth-order valence-corrected chi connectivity index (χ4v) is 2.14. The highest BCUT2D eigenvalue weighted by Gasteiger charge is 2.19. The van der Waals surface area contributed by atoms with E-state index in [2.05, 4.69) is 0 Å². The van der Waals surface area contributed by atoms with Gasteiger partial charge >= 0.3 is 0 Å². The fraction of sp³-hybridized carbons (Fsp3) is 0.857. The van der Waals surface area contributed by atoms with Crippen molar-refractivity contribution in [2.45, 2.75) is 25.9 Å². The Morgan fingerprint density at radius 2 is 1.05 bits per heavy atom. The van der Waals surface area contributed by atoms with Crippen LogP contribution in [0.3, 0.4) is 0 Å². The van der Waals surface area contributed by atoms with E-state index in [9.17, 15) is 9.59 Å². The molecular formula is C14H28N4O4. The van der Waals surface area contributed by atoms with Crippen molar-refractivity contribution in [1.82, 2.24) is 9.80 Å². The Balaban J connectivity index is 2.53. The monoisotopic (exact) mass is 316 g/mol. The highest BCUT2D eigenvalue weighted by molar-refractivity contribution is 5.81. The average molecular weight is 316 g/mol. The van der Waals surface area contributed by atoms with E-state index >= 15 is 0 Å². The molecule has 0 radical (unpaired) electrons. The molecule has 0 unspecified atom stereocenters. The number of nitrogens with zero attached hydrogens (tertiary/aromatic N) is 2. The summed E-state index contributed by atoms with van der Waals surface area (Å²) >= 11 is 0. The molecule has 1 heterocycles. The Bertz CT molecular complexity index is 317. The predicted molar refractivity (Wildman–Crippen MR) is 82.1 cm³/mol. The van der Waals surface area contributed by atoms with Crippen molar-refractivity contribution in [3.8, 4) is 0 Å². The van der Waals surface area contributed by atoms with Gasteiger partial charge in [0, 0.05) is 26.2 Å². The van der Waals surface area contributed by atoms with E-state index in [0.29, 0.717) is 52.6 Å². The van der Waals surface area contributed by atoms with Gasteiger partial charge in [-0.2, -0.15) is 0 Å². The van der Waals surface area contributed by atoms with Crippen LogP contribution >= 0.6 is 0 Å². The molecule has 2 amide bonds. The van der Waals surface area contributed by atoms with Crippen molar-refractivity contribution in [3.63, 3.8) is 0 Å². The fourth-order valence-electron chi connectivity index (χ4n) is 2.14. The second-order valence-electron chi connectivity index (χ2n) is 5.45. The van der Waals surface area contributed by atoms with Crippen LogP contribution in [-0.2, 0) is 19.1 Å². The van der Waals surface area contributed by atoms with E-state index in [1.54, 1.807) is 23.6 Å². The standard InChI is InChI=1S/C14H28N4O4/c1-11(15)13(19)17-3-7-21-9-5-18(14(20)12(2)16)6-10-22-8-4-17/h11-12H,3-10,15-16H2,1-2H3/t11-,12-/m0/s1. The van der Waals surface area contributed by atoms with Crippen molar-refractivity contribution in [3.05, 3.63) is 0 Å². The zero-order chi connectivity index (χ0) is 16.5. The van der Waals surface area contributed by atoms with Crippen molar-refractivity contribution in [1.29, 1.82) is 0 Å². The van der Waals surface area contributed by atoms with E-state index in [1.165, 1.54) is 0 Å². The summed E-state index contributed by atoms with van der Waals surface area (Å²) in [5.41, 5.74) is 11.3. The summed E-state index contributed by atoms with van der Waals surface area (Å²) in [5, 5.41) is 0. The maximum atomic E-state index is 12.0. The number of amides is 2. The second-order valence-corrected chi connectivity index (χ2v) is 5.45. The maximum Gasteiger partial charge on any atom is 0.239 e. The van der Waals surface area contributed by atoms with E-state index in [1.807, 2.05) is 0 Å². The second kappa shape index (κ2) is 9.73. The summed E-state index contributed by atoms with van der Waals surface area (Å²) in [5.74, 6) is -0.226. The van der Waals surface area contributed by atoms with Gasteiger partial charge in [-0.15, -0.1) is 0 Å². The lowest BCUT2D eigenvalue weighted by atomic mass is 10.3. The largest absolute Gasteiger partial charge is 0.378 e. The highest BCUT2D eigenvalue weighted by atomic mass is 16.5. The molecule has 0 spiro atoms. The molecule has 8 heteroatoms. The van der Waals surface area contributed by atoms with Crippen LogP contribution in [0.5, 0.6) is 0 Å². The van der Waals surface area contributed by atoms with Crippen LogP contribution in [0.1, 0.15) is 13.8 Å². The van der Waals surface area contributed by atoms with Crippen molar-refractivity contribution in [2.75, 3.05) is 52.6 Å². The van der Waals surface area contributed by atoms with Gasteiger partial charge in [0.1, 0.15) is 0 Å². The van der Waals surface area contributed by atoms with Gasteiger partial charge in [-0.3, -0.25) is 9.59 Å². The minimum absolute atomic E-state index is 0.113. The van der Waals surface area contributed by atoms with Crippen LogP contribution in [0.4, 0.5) is 0 Å². The molecule has 8 nitrogen and oxygen atoms in total. The van der Waals surface area contributed by atoms with Gasteiger partial charge in [-0.25, -0.2) is 0 Å². The number of hydrogen-bond donors (Lipinski definition) is 2. The first kappa shape index (κ1) is 18.8. The summed E-state index contributed by atoms with van der Waals surface area (Å²) < 4.78 is 11.0. The Morgan fingerprint density at radius 1 is 0.773 bits per heavy atom. The van der Waals surface area contributed by atoms with Gasteiger partial charge in [0.25, 0.3) is 0 Å². The molecule has 0 aromatic rings. The molecule has 0 aromatic heterocycles. The van der Waals surface area contributed by atoms with Crippen molar-refractivity contribution >= 4 is 11.8 Å². The smallest absolute Gasteiger partial charge is 0.239 e. The first-order valence-electron chi connectivity index (χ1n) is 7.67. The van der Waals surface area contributed by atoms with Crippen LogP contribution < -0.4 is 11.5 Å². The minimum atomic E-state index is -0.535. The molecule has 1 saturated heterocycles. The highest BCUT2D eigenvalue weighted by Crippen LogP contribution is 1.99. The first-order valence-corrected chi connectivity index (χ1v) is 7.67. The predicted octanol–water partition coefficient (Wildman–Crippen LogP) is -1.62. The lowest BCUT2D eigenvalue weighted by Crippen LogP contribution is -2.47. The molecule has 0 aliphatic carbocycles. The molecule has 2 atom stereocenters. The van der Waals surface area contributed by atoms with Crippen molar-refractivity contribution < 1.29 is 19.1 Å². The Hall–Kier alpha value is -1.22. The molecule has 128 valence electrons. The molecule has 22 heavy (non-hydrogen) atoms. The Morgan fingerprint density at radius 3 is 1.27 bits per heavy atom. The van der Waals surface area contributed by atoms with Gasteiger partial charge < -0.3 is 30.7 Å². The third-order valence-corrected chi connectivity index (χ3v) is 3.42. The van der Waals surface area contributed by atoms with Gasteiger partial charge in [0.15, 0.2) is 0 Å². The molecule has 0 bridgehead atoms. The Labute approximate surface area is 131 Å². The molecule has 1 rings (SSSR count). The van der Waals surface area contributed by atoms with Crippen molar-refractivity contribution in [2.24, 2.45) is 11.5 Å². The van der Waals surface area contributed by atoms with Crippen LogP contribution in [0.25, 0.3) is 0 Å². The molecule has 0 aromatic carbocycles. The van der Waals surface area contributed by atoms with Gasteiger partial charge in [-0.05, 0) is 13.8 Å². The quantitative estimate of drug-likeness (QED) is 0.634. The van der Waals surface area contributed by atoms with Crippen LogP contribution in [0, 0.1) is 0 Å².